The Morgan fingerprint density at radius 2 is 1.92 bits per heavy atom. The number of rotatable bonds is 5. The molecule has 0 fully saturated rings. The number of hydrogen-bond donors (Lipinski definition) is 0. The lowest BCUT2D eigenvalue weighted by molar-refractivity contribution is 0.599. The van der Waals surface area contributed by atoms with Gasteiger partial charge in [-0.1, -0.05) is 37.2 Å². The van der Waals surface area contributed by atoms with Crippen molar-refractivity contribution in [2.75, 3.05) is 0 Å². The normalized spacial score (nSPS) is 13.1. The summed E-state index contributed by atoms with van der Waals surface area (Å²) in [6.07, 6.45) is 5.98. The topological polar surface area (TPSA) is 23.8 Å². The predicted molar refractivity (Wildman–Crippen MR) is 97.4 cm³/mol. The van der Waals surface area contributed by atoms with E-state index in [4.69, 9.17) is 5.26 Å². The Labute approximate surface area is 151 Å². The van der Waals surface area contributed by atoms with Crippen LogP contribution < -0.4 is 0 Å². The number of allylic oxidation sites excluding steroid dienone is 2. The smallest absolute Gasteiger partial charge is 0.133 e. The lowest BCUT2D eigenvalue weighted by atomic mass is 9.91. The van der Waals surface area contributed by atoms with Crippen LogP contribution in [0, 0.1) is 23.0 Å². The zero-order valence-electron chi connectivity index (χ0n) is 14.1. The molecular weight excluding hydrogens is 336 g/mol. The summed E-state index contributed by atoms with van der Waals surface area (Å²) < 4.78 is 28.7. The number of halogens is 2. The van der Waals surface area contributed by atoms with Crippen LogP contribution in [0.4, 0.5) is 8.78 Å². The second-order valence-corrected chi connectivity index (χ2v) is 7.31. The molecule has 3 rings (SSSR count). The van der Waals surface area contributed by atoms with E-state index in [9.17, 15) is 8.78 Å². The van der Waals surface area contributed by atoms with Crippen LogP contribution >= 0.6 is 11.8 Å². The highest BCUT2D eigenvalue weighted by Gasteiger charge is 2.18. The van der Waals surface area contributed by atoms with Gasteiger partial charge in [0.15, 0.2) is 0 Å². The highest BCUT2D eigenvalue weighted by Crippen LogP contribution is 2.35. The Morgan fingerprint density at radius 3 is 2.64 bits per heavy atom. The van der Waals surface area contributed by atoms with Gasteiger partial charge in [0.25, 0.3) is 0 Å². The second kappa shape index (κ2) is 7.84. The number of fused-ring (bicyclic) bond motifs is 1. The van der Waals surface area contributed by atoms with Crippen molar-refractivity contribution in [2.45, 2.75) is 48.8 Å². The molecule has 0 radical (unpaired) electrons. The maximum atomic E-state index is 14.5. The van der Waals surface area contributed by atoms with Crippen LogP contribution in [0.3, 0.4) is 0 Å². The van der Waals surface area contributed by atoms with Crippen molar-refractivity contribution in [3.63, 3.8) is 0 Å². The quantitative estimate of drug-likeness (QED) is 0.627. The van der Waals surface area contributed by atoms with Crippen LogP contribution in [0.25, 0.3) is 5.57 Å². The standard InChI is InChI=1S/C21H19F2NS/c1-2-3-5-14-8-9-17(11-19(14)22)25-18-10-15-6-4-7-16(13-24)21(15)20(23)12-18/h7-12H,2-6H2,1H3. The number of nitrogens with zero attached hydrogens (tertiary/aromatic N) is 1. The van der Waals surface area contributed by atoms with E-state index >= 15 is 0 Å². The van der Waals surface area contributed by atoms with Gasteiger partial charge in [-0.05, 0) is 61.1 Å². The molecule has 0 aromatic heterocycles. The van der Waals surface area contributed by atoms with E-state index in [2.05, 4.69) is 13.0 Å². The SMILES string of the molecule is CCCCc1ccc(Sc2cc(F)c3c(c2)CCC=C3C#N)cc1F. The minimum atomic E-state index is -0.382. The van der Waals surface area contributed by atoms with Gasteiger partial charge in [0, 0.05) is 15.4 Å². The lowest BCUT2D eigenvalue weighted by Gasteiger charge is -2.16. The Bertz CT molecular complexity index is 865. The molecule has 1 aliphatic carbocycles. The fourth-order valence-corrected chi connectivity index (χ4v) is 4.00. The van der Waals surface area contributed by atoms with Crippen molar-refractivity contribution in [1.82, 2.24) is 0 Å². The molecule has 2 aromatic carbocycles. The fourth-order valence-electron chi connectivity index (χ4n) is 3.07. The Morgan fingerprint density at radius 1 is 1.12 bits per heavy atom. The van der Waals surface area contributed by atoms with Gasteiger partial charge in [-0.3, -0.25) is 0 Å². The molecule has 128 valence electrons. The van der Waals surface area contributed by atoms with Crippen LogP contribution in [0.2, 0.25) is 0 Å². The lowest BCUT2D eigenvalue weighted by Crippen LogP contribution is -2.02. The molecule has 0 unspecified atom stereocenters. The fraction of sp³-hybridized carbons (Fsp3) is 0.286. The van der Waals surface area contributed by atoms with E-state index in [1.165, 1.54) is 23.9 Å². The van der Waals surface area contributed by atoms with Crippen molar-refractivity contribution >= 4 is 17.3 Å². The first-order valence-corrected chi connectivity index (χ1v) is 9.33. The average molecular weight is 355 g/mol. The summed E-state index contributed by atoms with van der Waals surface area (Å²) >= 11 is 1.35. The van der Waals surface area contributed by atoms with Gasteiger partial charge in [-0.15, -0.1) is 0 Å². The van der Waals surface area contributed by atoms with Gasteiger partial charge in [-0.25, -0.2) is 8.78 Å². The minimum Gasteiger partial charge on any atom is -0.207 e. The van der Waals surface area contributed by atoms with Crippen LogP contribution in [-0.4, -0.2) is 0 Å². The van der Waals surface area contributed by atoms with Crippen molar-refractivity contribution in [3.05, 3.63) is 64.7 Å². The van der Waals surface area contributed by atoms with Gasteiger partial charge >= 0.3 is 0 Å². The molecule has 25 heavy (non-hydrogen) atoms. The molecule has 0 N–H and O–H groups in total. The maximum Gasteiger partial charge on any atom is 0.133 e. The molecule has 0 atom stereocenters. The van der Waals surface area contributed by atoms with E-state index in [1.54, 1.807) is 6.08 Å². The molecule has 1 nitrogen and oxygen atoms in total. The summed E-state index contributed by atoms with van der Waals surface area (Å²) in [4.78, 5) is 1.49. The zero-order chi connectivity index (χ0) is 17.8. The Kier molecular flexibility index (Phi) is 5.55. The van der Waals surface area contributed by atoms with Crippen LogP contribution in [0.1, 0.15) is 42.9 Å². The zero-order valence-corrected chi connectivity index (χ0v) is 14.9. The summed E-state index contributed by atoms with van der Waals surface area (Å²) in [5.41, 5.74) is 2.40. The van der Waals surface area contributed by atoms with Crippen LogP contribution in [-0.2, 0) is 12.8 Å². The monoisotopic (exact) mass is 355 g/mol. The molecular formula is C21H19F2NS. The third kappa shape index (κ3) is 3.93. The maximum absolute atomic E-state index is 14.5. The molecule has 4 heteroatoms. The van der Waals surface area contributed by atoms with Crippen molar-refractivity contribution in [3.8, 4) is 6.07 Å². The van der Waals surface area contributed by atoms with Crippen LogP contribution in [0.5, 0.6) is 0 Å². The highest BCUT2D eigenvalue weighted by atomic mass is 32.2. The molecule has 0 amide bonds. The Hall–Kier alpha value is -2.12. The molecule has 0 saturated carbocycles. The third-order valence-corrected chi connectivity index (χ3v) is 5.32. The average Bonchev–Trinajstić information content (AvgIpc) is 2.60. The van der Waals surface area contributed by atoms with Crippen molar-refractivity contribution in [1.29, 1.82) is 5.26 Å². The summed E-state index contributed by atoms with van der Waals surface area (Å²) in [6, 6.07) is 10.6. The number of benzene rings is 2. The van der Waals surface area contributed by atoms with Gasteiger partial charge in [0.2, 0.25) is 0 Å². The summed E-state index contributed by atoms with van der Waals surface area (Å²) in [6.45, 7) is 2.08. The van der Waals surface area contributed by atoms with E-state index in [1.807, 2.05) is 18.2 Å². The minimum absolute atomic E-state index is 0.202. The number of nitriles is 1. The van der Waals surface area contributed by atoms with E-state index < -0.39 is 0 Å². The number of hydrogen-bond acceptors (Lipinski definition) is 2. The van der Waals surface area contributed by atoms with Gasteiger partial charge < -0.3 is 0 Å². The van der Waals surface area contributed by atoms with Crippen LogP contribution in [0.15, 0.2) is 46.2 Å². The molecule has 0 aliphatic heterocycles. The first-order valence-electron chi connectivity index (χ1n) is 8.51. The predicted octanol–water partition coefficient (Wildman–Crippen LogP) is 6.31. The van der Waals surface area contributed by atoms with Crippen molar-refractivity contribution in [2.24, 2.45) is 0 Å². The first kappa shape index (κ1) is 17.7. The third-order valence-electron chi connectivity index (χ3n) is 4.36. The molecule has 2 aromatic rings. The van der Waals surface area contributed by atoms with Gasteiger partial charge in [0.05, 0.1) is 11.6 Å². The Balaban J connectivity index is 1.85. The van der Waals surface area contributed by atoms with Gasteiger partial charge in [-0.2, -0.15) is 5.26 Å². The largest absolute Gasteiger partial charge is 0.207 e. The first-order chi connectivity index (χ1) is 12.1. The van der Waals surface area contributed by atoms with Gasteiger partial charge in [0.1, 0.15) is 11.6 Å². The molecule has 0 saturated heterocycles. The molecule has 1 aliphatic rings. The molecule has 0 bridgehead atoms. The van der Waals surface area contributed by atoms with Crippen molar-refractivity contribution < 1.29 is 8.78 Å². The second-order valence-electron chi connectivity index (χ2n) is 6.17. The highest BCUT2D eigenvalue weighted by molar-refractivity contribution is 7.99. The molecule has 0 heterocycles. The van der Waals surface area contributed by atoms with E-state index in [0.717, 1.165) is 53.0 Å². The summed E-state index contributed by atoms with van der Waals surface area (Å²) in [5, 5.41) is 9.15. The van der Waals surface area contributed by atoms with E-state index in [-0.39, 0.29) is 11.6 Å². The van der Waals surface area contributed by atoms with E-state index in [0.29, 0.717) is 11.1 Å². The summed E-state index contributed by atoms with van der Waals surface area (Å²) in [5.74, 6) is -0.584. The summed E-state index contributed by atoms with van der Waals surface area (Å²) in [7, 11) is 0. The number of unbranched alkanes of at least 4 members (excludes halogenated alkanes) is 1. The number of aryl methyl sites for hydroxylation is 2. The molecule has 0 spiro atoms.